The molecule has 0 aliphatic heterocycles. The Labute approximate surface area is 168 Å². The lowest BCUT2D eigenvalue weighted by Gasteiger charge is -2.09. The number of ether oxygens (including phenoxy) is 2. The van der Waals surface area contributed by atoms with Crippen LogP contribution in [-0.2, 0) is 13.1 Å². The van der Waals surface area contributed by atoms with Gasteiger partial charge >= 0.3 is 0 Å². The number of guanidine groups is 1. The summed E-state index contributed by atoms with van der Waals surface area (Å²) in [5, 5.41) is 13.9. The molecule has 0 aromatic heterocycles. The second-order valence-electron chi connectivity index (χ2n) is 5.13. The summed E-state index contributed by atoms with van der Waals surface area (Å²) in [6.45, 7) is 0.564. The van der Waals surface area contributed by atoms with E-state index in [4.69, 9.17) is 15.2 Å². The summed E-state index contributed by atoms with van der Waals surface area (Å²) in [4.78, 5) is 14.8. The van der Waals surface area contributed by atoms with E-state index in [2.05, 4.69) is 10.3 Å². The molecule has 0 heterocycles. The predicted octanol–water partition coefficient (Wildman–Crippen LogP) is 2.83. The Kier molecular flexibility index (Phi) is 8.62. The molecule has 8 nitrogen and oxygen atoms in total. The van der Waals surface area contributed by atoms with E-state index < -0.39 is 4.92 Å². The second kappa shape index (κ2) is 10.4. The van der Waals surface area contributed by atoms with Crippen LogP contribution in [0.15, 0.2) is 47.5 Å². The van der Waals surface area contributed by atoms with Crippen molar-refractivity contribution in [3.8, 4) is 11.5 Å². The van der Waals surface area contributed by atoms with Gasteiger partial charge in [-0.15, -0.1) is 24.0 Å². The molecule has 0 bridgehead atoms. The van der Waals surface area contributed by atoms with Crippen LogP contribution in [0.5, 0.6) is 11.5 Å². The first-order valence-electron chi connectivity index (χ1n) is 7.52. The summed E-state index contributed by atoms with van der Waals surface area (Å²) in [6, 6.07) is 12.0. The minimum absolute atomic E-state index is 0. The van der Waals surface area contributed by atoms with E-state index in [0.29, 0.717) is 23.6 Å². The summed E-state index contributed by atoms with van der Waals surface area (Å²) in [5.41, 5.74) is 7.31. The highest BCUT2D eigenvalue weighted by molar-refractivity contribution is 14.0. The third-order valence-corrected chi connectivity index (χ3v) is 3.53. The molecule has 2 aromatic rings. The number of halogens is 1. The number of hydrogen-bond donors (Lipinski definition) is 2. The highest BCUT2D eigenvalue weighted by Crippen LogP contribution is 2.27. The maximum atomic E-state index is 11.0. The number of rotatable bonds is 7. The van der Waals surface area contributed by atoms with Gasteiger partial charge in [0.1, 0.15) is 0 Å². The zero-order valence-electron chi connectivity index (χ0n) is 14.5. The Morgan fingerprint density at radius 3 is 2.54 bits per heavy atom. The number of aliphatic imine (C=N–C) groups is 1. The Morgan fingerprint density at radius 1 is 1.19 bits per heavy atom. The monoisotopic (exact) mass is 472 g/mol. The molecule has 0 saturated heterocycles. The average Bonchev–Trinajstić information content (AvgIpc) is 2.64. The van der Waals surface area contributed by atoms with Crippen molar-refractivity contribution in [2.45, 2.75) is 13.1 Å². The Morgan fingerprint density at radius 2 is 1.88 bits per heavy atom. The SMILES string of the molecule is COc1ccc(CN=C(N)NCc2ccccc2[N+](=O)[O-])cc1OC.I. The van der Waals surface area contributed by atoms with Gasteiger partial charge in [0.05, 0.1) is 25.7 Å². The molecule has 140 valence electrons. The number of nitrogens with one attached hydrogen (secondary N) is 1. The fourth-order valence-electron chi connectivity index (χ4n) is 2.24. The second-order valence-corrected chi connectivity index (χ2v) is 5.13. The van der Waals surface area contributed by atoms with Crippen LogP contribution in [-0.4, -0.2) is 25.1 Å². The average molecular weight is 472 g/mol. The molecule has 2 aromatic carbocycles. The van der Waals surface area contributed by atoms with E-state index in [-0.39, 0.29) is 42.2 Å². The zero-order valence-corrected chi connectivity index (χ0v) is 16.8. The molecule has 9 heteroatoms. The van der Waals surface area contributed by atoms with Gasteiger partial charge in [0.25, 0.3) is 5.69 Å². The third-order valence-electron chi connectivity index (χ3n) is 3.53. The van der Waals surface area contributed by atoms with Gasteiger partial charge in [0, 0.05) is 18.2 Å². The van der Waals surface area contributed by atoms with E-state index in [0.717, 1.165) is 5.56 Å². The zero-order chi connectivity index (χ0) is 18.2. The maximum Gasteiger partial charge on any atom is 0.274 e. The van der Waals surface area contributed by atoms with Crippen molar-refractivity contribution in [1.29, 1.82) is 0 Å². The number of nitrogens with zero attached hydrogens (tertiary/aromatic N) is 2. The largest absolute Gasteiger partial charge is 0.493 e. The van der Waals surface area contributed by atoms with E-state index in [1.165, 1.54) is 6.07 Å². The van der Waals surface area contributed by atoms with Gasteiger partial charge < -0.3 is 20.5 Å². The first-order chi connectivity index (χ1) is 12.0. The maximum absolute atomic E-state index is 11.0. The summed E-state index contributed by atoms with van der Waals surface area (Å²) in [6.07, 6.45) is 0. The van der Waals surface area contributed by atoms with Crippen molar-refractivity contribution in [3.63, 3.8) is 0 Å². The summed E-state index contributed by atoms with van der Waals surface area (Å²) >= 11 is 0. The van der Waals surface area contributed by atoms with E-state index in [1.54, 1.807) is 38.5 Å². The van der Waals surface area contributed by atoms with Crippen molar-refractivity contribution in [3.05, 3.63) is 63.7 Å². The molecule has 26 heavy (non-hydrogen) atoms. The van der Waals surface area contributed by atoms with Gasteiger partial charge in [-0.3, -0.25) is 10.1 Å². The molecule has 0 aliphatic rings. The van der Waals surface area contributed by atoms with Crippen LogP contribution in [0.3, 0.4) is 0 Å². The molecule has 0 radical (unpaired) electrons. The Hall–Kier alpha value is -2.56. The van der Waals surface area contributed by atoms with Gasteiger partial charge in [0.15, 0.2) is 17.5 Å². The molecule has 0 spiro atoms. The topological polar surface area (TPSA) is 112 Å². The van der Waals surface area contributed by atoms with Crippen molar-refractivity contribution in [2.24, 2.45) is 10.7 Å². The van der Waals surface area contributed by atoms with Gasteiger partial charge in [-0.05, 0) is 17.7 Å². The van der Waals surface area contributed by atoms with Gasteiger partial charge in [-0.25, -0.2) is 4.99 Å². The Balaban J connectivity index is 0.00000338. The van der Waals surface area contributed by atoms with Crippen LogP contribution >= 0.6 is 24.0 Å². The molecule has 0 amide bonds. The molecule has 0 atom stereocenters. The number of nitro groups is 1. The summed E-state index contributed by atoms with van der Waals surface area (Å²) in [7, 11) is 3.13. The van der Waals surface area contributed by atoms with Crippen LogP contribution < -0.4 is 20.5 Å². The number of methoxy groups -OCH3 is 2. The van der Waals surface area contributed by atoms with Gasteiger partial charge in [-0.1, -0.05) is 24.3 Å². The number of nitro benzene ring substituents is 1. The fraction of sp³-hybridized carbons (Fsp3) is 0.235. The molecule has 0 unspecified atom stereocenters. The van der Waals surface area contributed by atoms with Crippen molar-refractivity contribution in [1.82, 2.24) is 5.32 Å². The number of hydrogen-bond acceptors (Lipinski definition) is 5. The molecular weight excluding hydrogens is 451 g/mol. The molecular formula is C17H21IN4O4. The van der Waals surface area contributed by atoms with Crippen molar-refractivity contribution < 1.29 is 14.4 Å². The highest BCUT2D eigenvalue weighted by Gasteiger charge is 2.11. The lowest BCUT2D eigenvalue weighted by atomic mass is 10.2. The molecule has 0 aliphatic carbocycles. The third kappa shape index (κ3) is 5.76. The smallest absolute Gasteiger partial charge is 0.274 e. The number of para-hydroxylation sites is 1. The van der Waals surface area contributed by atoms with Gasteiger partial charge in [0.2, 0.25) is 0 Å². The predicted molar refractivity (Wildman–Crippen MR) is 110 cm³/mol. The minimum atomic E-state index is -0.423. The summed E-state index contributed by atoms with van der Waals surface area (Å²) < 4.78 is 10.4. The molecule has 0 fully saturated rings. The fourth-order valence-corrected chi connectivity index (χ4v) is 2.24. The van der Waals surface area contributed by atoms with Crippen molar-refractivity contribution in [2.75, 3.05) is 14.2 Å². The van der Waals surface area contributed by atoms with Crippen LogP contribution in [0.2, 0.25) is 0 Å². The van der Waals surface area contributed by atoms with E-state index >= 15 is 0 Å². The lowest BCUT2D eigenvalue weighted by molar-refractivity contribution is -0.385. The standard InChI is InChI=1S/C17H20N4O4.HI/c1-24-15-8-7-12(9-16(15)25-2)10-19-17(18)20-11-13-5-3-4-6-14(13)21(22)23;/h3-9H,10-11H2,1-2H3,(H3,18,19,20);1H. The molecule has 2 rings (SSSR count). The van der Waals surface area contributed by atoms with E-state index in [9.17, 15) is 10.1 Å². The number of nitrogens with two attached hydrogens (primary N) is 1. The van der Waals surface area contributed by atoms with Crippen LogP contribution in [0, 0.1) is 10.1 Å². The number of benzene rings is 2. The minimum Gasteiger partial charge on any atom is -0.493 e. The normalized spacial score (nSPS) is 10.6. The molecule has 3 N–H and O–H groups in total. The van der Waals surface area contributed by atoms with Crippen molar-refractivity contribution >= 4 is 35.6 Å². The van der Waals surface area contributed by atoms with Gasteiger partial charge in [-0.2, -0.15) is 0 Å². The Bertz CT molecular complexity index is 783. The lowest BCUT2D eigenvalue weighted by Crippen LogP contribution is -2.31. The quantitative estimate of drug-likeness (QED) is 0.211. The van der Waals surface area contributed by atoms with Crippen LogP contribution in [0.25, 0.3) is 0 Å². The highest BCUT2D eigenvalue weighted by atomic mass is 127. The summed E-state index contributed by atoms with van der Waals surface area (Å²) in [5.74, 6) is 1.45. The first kappa shape index (κ1) is 21.5. The van der Waals surface area contributed by atoms with Crippen LogP contribution in [0.4, 0.5) is 5.69 Å². The molecule has 0 saturated carbocycles. The van der Waals surface area contributed by atoms with E-state index in [1.807, 2.05) is 12.1 Å². The van der Waals surface area contributed by atoms with Crippen LogP contribution in [0.1, 0.15) is 11.1 Å². The first-order valence-corrected chi connectivity index (χ1v) is 7.52.